The van der Waals surface area contributed by atoms with Crippen LogP contribution < -0.4 is 5.73 Å². The van der Waals surface area contributed by atoms with Crippen molar-refractivity contribution in [3.63, 3.8) is 0 Å². The Morgan fingerprint density at radius 1 is 1.53 bits per heavy atom. The molecule has 0 aliphatic carbocycles. The van der Waals surface area contributed by atoms with Crippen molar-refractivity contribution in [2.75, 3.05) is 0 Å². The maximum absolute atomic E-state index is 5.74. The summed E-state index contributed by atoms with van der Waals surface area (Å²) in [6, 6.07) is 6.29. The largest absolute Gasteiger partial charge is 0.328 e. The van der Waals surface area contributed by atoms with E-state index in [-0.39, 0.29) is 6.04 Å². The third-order valence-electron chi connectivity index (χ3n) is 2.40. The molecule has 0 aliphatic rings. The lowest BCUT2D eigenvalue weighted by atomic mass is 10.2. The van der Waals surface area contributed by atoms with Gasteiger partial charge >= 0.3 is 0 Å². The first-order chi connectivity index (χ1) is 7.18. The maximum atomic E-state index is 5.74. The van der Waals surface area contributed by atoms with Crippen molar-refractivity contribution >= 4 is 21.4 Å². The summed E-state index contributed by atoms with van der Waals surface area (Å²) < 4.78 is 3.01. The van der Waals surface area contributed by atoms with Crippen LogP contribution in [0.3, 0.4) is 0 Å². The minimum Gasteiger partial charge on any atom is -0.328 e. The Bertz CT molecular complexity index is 462. The van der Waals surface area contributed by atoms with E-state index in [0.29, 0.717) is 0 Å². The van der Waals surface area contributed by atoms with Gasteiger partial charge in [0.25, 0.3) is 0 Å². The molecule has 2 aromatic heterocycles. The number of fused-ring (bicyclic) bond motifs is 1. The quantitative estimate of drug-likeness (QED) is 0.928. The first kappa shape index (κ1) is 10.6. The fourth-order valence-electron chi connectivity index (χ4n) is 1.59. The lowest BCUT2D eigenvalue weighted by Gasteiger charge is -2.03. The molecule has 2 heterocycles. The topological polar surface area (TPSA) is 43.3 Å². The van der Waals surface area contributed by atoms with Crippen LogP contribution in [0.4, 0.5) is 0 Å². The van der Waals surface area contributed by atoms with E-state index < -0.39 is 0 Å². The summed E-state index contributed by atoms with van der Waals surface area (Å²) in [6.07, 6.45) is 3.90. The molecule has 1 atom stereocenters. The van der Waals surface area contributed by atoms with Gasteiger partial charge in [0, 0.05) is 18.7 Å². The molecule has 0 radical (unpaired) electrons. The lowest BCUT2D eigenvalue weighted by Crippen LogP contribution is -2.16. The van der Waals surface area contributed by atoms with Gasteiger partial charge in [0.05, 0.1) is 5.52 Å². The Morgan fingerprint density at radius 3 is 3.07 bits per heavy atom. The third-order valence-corrected chi connectivity index (χ3v) is 2.98. The van der Waals surface area contributed by atoms with Crippen molar-refractivity contribution < 1.29 is 0 Å². The zero-order valence-electron chi connectivity index (χ0n) is 8.65. The van der Waals surface area contributed by atoms with Gasteiger partial charge in [0.1, 0.15) is 10.4 Å². The minimum absolute atomic E-state index is 0.222. The molecule has 0 bridgehead atoms. The summed E-state index contributed by atoms with van der Waals surface area (Å²) >= 11 is 3.46. The molecular formula is C11H14BrN3. The van der Waals surface area contributed by atoms with Crippen molar-refractivity contribution in [3.05, 3.63) is 34.8 Å². The molecule has 0 aromatic carbocycles. The Balaban J connectivity index is 2.35. The highest BCUT2D eigenvalue weighted by atomic mass is 79.9. The summed E-state index contributed by atoms with van der Waals surface area (Å²) in [7, 11) is 0. The van der Waals surface area contributed by atoms with Crippen LogP contribution in [0, 0.1) is 0 Å². The van der Waals surface area contributed by atoms with Crippen LogP contribution in [0.15, 0.2) is 29.0 Å². The molecule has 0 saturated carbocycles. The summed E-state index contributed by atoms with van der Waals surface area (Å²) in [6.45, 7) is 2.02. The van der Waals surface area contributed by atoms with Gasteiger partial charge in [0.2, 0.25) is 0 Å². The molecule has 2 rings (SSSR count). The van der Waals surface area contributed by atoms with Gasteiger partial charge in [-0.2, -0.15) is 0 Å². The van der Waals surface area contributed by atoms with Gasteiger partial charge in [-0.3, -0.25) is 0 Å². The Kier molecular flexibility index (Phi) is 3.07. The van der Waals surface area contributed by atoms with E-state index in [0.717, 1.165) is 28.8 Å². The van der Waals surface area contributed by atoms with Crippen LogP contribution in [0.2, 0.25) is 0 Å². The van der Waals surface area contributed by atoms with E-state index in [1.165, 1.54) is 0 Å². The molecule has 0 amide bonds. The molecule has 2 aromatic rings. The first-order valence-corrected chi connectivity index (χ1v) is 5.85. The van der Waals surface area contributed by atoms with E-state index in [1.807, 2.05) is 31.3 Å². The molecule has 15 heavy (non-hydrogen) atoms. The van der Waals surface area contributed by atoms with E-state index in [1.54, 1.807) is 0 Å². The third kappa shape index (κ3) is 2.21. The molecule has 0 fully saturated rings. The molecule has 0 spiro atoms. The average molecular weight is 268 g/mol. The van der Waals surface area contributed by atoms with Crippen molar-refractivity contribution in [2.45, 2.75) is 25.8 Å². The number of halogens is 1. The molecule has 0 saturated heterocycles. The van der Waals surface area contributed by atoms with E-state index >= 15 is 0 Å². The molecule has 3 nitrogen and oxygen atoms in total. The number of nitrogens with zero attached hydrogens (tertiary/aromatic N) is 2. The van der Waals surface area contributed by atoms with Crippen LogP contribution in [0.25, 0.3) is 5.52 Å². The smallest absolute Gasteiger partial charge is 0.132 e. The second-order valence-electron chi connectivity index (χ2n) is 3.79. The van der Waals surface area contributed by atoms with Crippen molar-refractivity contribution in [1.29, 1.82) is 0 Å². The summed E-state index contributed by atoms with van der Waals surface area (Å²) in [5.41, 5.74) is 6.85. The SMILES string of the molecule is CC(N)CCc1nc(Br)c2ccccn12. The molecule has 1 unspecified atom stereocenters. The standard InChI is InChI=1S/C11H14BrN3/c1-8(13)5-6-10-14-11(12)9-4-2-3-7-15(9)10/h2-4,7-8H,5-6,13H2,1H3. The first-order valence-electron chi connectivity index (χ1n) is 5.05. The summed E-state index contributed by atoms with van der Waals surface area (Å²) in [5, 5.41) is 0. The van der Waals surface area contributed by atoms with Crippen LogP contribution in [-0.4, -0.2) is 15.4 Å². The molecule has 2 N–H and O–H groups in total. The van der Waals surface area contributed by atoms with Crippen LogP contribution in [-0.2, 0) is 6.42 Å². The number of pyridine rings is 1. The highest BCUT2D eigenvalue weighted by Crippen LogP contribution is 2.19. The Hall–Kier alpha value is -0.870. The zero-order chi connectivity index (χ0) is 10.8. The number of imidazole rings is 1. The Morgan fingerprint density at radius 2 is 2.33 bits per heavy atom. The summed E-state index contributed by atoms with van der Waals surface area (Å²) in [4.78, 5) is 4.49. The molecular weight excluding hydrogens is 254 g/mol. The number of aryl methyl sites for hydroxylation is 1. The fourth-order valence-corrected chi connectivity index (χ4v) is 2.12. The number of hydrogen-bond acceptors (Lipinski definition) is 2. The van der Waals surface area contributed by atoms with Gasteiger partial charge in [-0.05, 0) is 41.4 Å². The molecule has 80 valence electrons. The minimum atomic E-state index is 0.222. The number of rotatable bonds is 3. The molecule has 0 aliphatic heterocycles. The second kappa shape index (κ2) is 4.33. The zero-order valence-corrected chi connectivity index (χ0v) is 10.2. The summed E-state index contributed by atoms with van der Waals surface area (Å²) in [5.74, 6) is 1.06. The van der Waals surface area contributed by atoms with Gasteiger partial charge in [0.15, 0.2) is 0 Å². The number of nitrogens with two attached hydrogens (primary N) is 1. The fraction of sp³-hybridized carbons (Fsp3) is 0.364. The predicted molar refractivity (Wildman–Crippen MR) is 64.9 cm³/mol. The molecule has 4 heteroatoms. The van der Waals surface area contributed by atoms with Crippen molar-refractivity contribution in [2.24, 2.45) is 5.73 Å². The van der Waals surface area contributed by atoms with Crippen LogP contribution >= 0.6 is 15.9 Å². The van der Waals surface area contributed by atoms with Crippen LogP contribution in [0.5, 0.6) is 0 Å². The second-order valence-corrected chi connectivity index (χ2v) is 4.54. The monoisotopic (exact) mass is 267 g/mol. The van der Waals surface area contributed by atoms with Gasteiger partial charge in [-0.15, -0.1) is 0 Å². The highest BCUT2D eigenvalue weighted by Gasteiger charge is 2.08. The van der Waals surface area contributed by atoms with Crippen molar-refractivity contribution in [1.82, 2.24) is 9.38 Å². The van der Waals surface area contributed by atoms with Crippen molar-refractivity contribution in [3.8, 4) is 0 Å². The van der Waals surface area contributed by atoms with Gasteiger partial charge in [-0.1, -0.05) is 6.07 Å². The van der Waals surface area contributed by atoms with Gasteiger partial charge in [-0.25, -0.2) is 4.98 Å². The number of hydrogen-bond donors (Lipinski definition) is 1. The van der Waals surface area contributed by atoms with Gasteiger partial charge < -0.3 is 10.1 Å². The van der Waals surface area contributed by atoms with E-state index in [2.05, 4.69) is 25.3 Å². The number of aromatic nitrogens is 2. The van der Waals surface area contributed by atoms with E-state index in [4.69, 9.17) is 5.73 Å². The maximum Gasteiger partial charge on any atom is 0.132 e. The van der Waals surface area contributed by atoms with Crippen LogP contribution in [0.1, 0.15) is 19.2 Å². The lowest BCUT2D eigenvalue weighted by molar-refractivity contribution is 0.646. The Labute approximate surface area is 97.4 Å². The van der Waals surface area contributed by atoms with E-state index in [9.17, 15) is 0 Å². The normalized spacial score (nSPS) is 13.3. The highest BCUT2D eigenvalue weighted by molar-refractivity contribution is 9.10. The average Bonchev–Trinajstić information content (AvgIpc) is 2.54. The predicted octanol–water partition coefficient (Wildman–Crippen LogP) is 2.38.